The number of aromatic amines is 1. The van der Waals surface area contributed by atoms with E-state index in [4.69, 9.17) is 0 Å². The number of aromatic nitrogens is 5. The number of fused-ring (bicyclic) bond motifs is 1. The number of thiophene rings is 1. The molecule has 5 rings (SSSR count). The summed E-state index contributed by atoms with van der Waals surface area (Å²) in [5.41, 5.74) is 6.25. The highest BCUT2D eigenvalue weighted by molar-refractivity contribution is 7.09. The van der Waals surface area contributed by atoms with Crippen molar-refractivity contribution in [3.05, 3.63) is 82.7 Å². The van der Waals surface area contributed by atoms with Crippen LogP contribution in [0.1, 0.15) is 16.3 Å². The fourth-order valence-corrected chi connectivity index (χ4v) is 4.21. The lowest BCUT2D eigenvalue weighted by Gasteiger charge is -2.08. The molecule has 0 amide bonds. The fourth-order valence-electron chi connectivity index (χ4n) is 3.50. The van der Waals surface area contributed by atoms with Crippen LogP contribution in [-0.2, 0) is 26.4 Å². The van der Waals surface area contributed by atoms with Crippen molar-refractivity contribution in [3.8, 4) is 11.1 Å². The van der Waals surface area contributed by atoms with E-state index in [-0.39, 0.29) is 0 Å². The van der Waals surface area contributed by atoms with Crippen LogP contribution in [0.15, 0.2) is 66.4 Å². The molecule has 7 heteroatoms. The zero-order chi connectivity index (χ0) is 20.3. The van der Waals surface area contributed by atoms with Gasteiger partial charge in [0.25, 0.3) is 0 Å². The number of rotatable bonds is 7. The Morgan fingerprint density at radius 1 is 1.07 bits per heavy atom. The Kier molecular flexibility index (Phi) is 5.03. The van der Waals surface area contributed by atoms with Gasteiger partial charge in [-0.2, -0.15) is 5.10 Å². The molecule has 2 N–H and O–H groups in total. The Morgan fingerprint density at radius 2 is 1.97 bits per heavy atom. The second kappa shape index (κ2) is 8.12. The zero-order valence-corrected chi connectivity index (χ0v) is 17.5. The van der Waals surface area contributed by atoms with E-state index in [1.165, 1.54) is 16.0 Å². The topological polar surface area (TPSA) is 71.4 Å². The van der Waals surface area contributed by atoms with Gasteiger partial charge in [0.05, 0.1) is 11.9 Å². The minimum absolute atomic E-state index is 0.732. The molecule has 0 radical (unpaired) electrons. The highest BCUT2D eigenvalue weighted by atomic mass is 32.1. The zero-order valence-electron chi connectivity index (χ0n) is 16.7. The van der Waals surface area contributed by atoms with Gasteiger partial charge in [-0.25, -0.2) is 9.97 Å². The van der Waals surface area contributed by atoms with E-state index in [0.717, 1.165) is 47.6 Å². The average molecular weight is 415 g/mol. The maximum absolute atomic E-state index is 4.67. The summed E-state index contributed by atoms with van der Waals surface area (Å²) in [6.07, 6.45) is 7.58. The predicted molar refractivity (Wildman–Crippen MR) is 122 cm³/mol. The van der Waals surface area contributed by atoms with Crippen LogP contribution in [-0.4, -0.2) is 24.7 Å². The largest absolute Gasteiger partial charge is 0.379 e. The van der Waals surface area contributed by atoms with Crippen molar-refractivity contribution < 1.29 is 0 Å². The van der Waals surface area contributed by atoms with Gasteiger partial charge in [-0.3, -0.25) is 4.68 Å². The third kappa shape index (κ3) is 3.97. The molecule has 0 unspecified atom stereocenters. The van der Waals surface area contributed by atoms with Crippen LogP contribution in [0.25, 0.3) is 22.3 Å². The molecular weight excluding hydrogens is 392 g/mol. The first-order chi connectivity index (χ1) is 14.7. The molecule has 0 saturated carbocycles. The van der Waals surface area contributed by atoms with Crippen molar-refractivity contribution in [2.45, 2.75) is 19.4 Å². The summed E-state index contributed by atoms with van der Waals surface area (Å²) in [6.45, 7) is 0.732. The van der Waals surface area contributed by atoms with Gasteiger partial charge in [0.1, 0.15) is 11.3 Å². The van der Waals surface area contributed by atoms with Crippen LogP contribution in [0, 0.1) is 0 Å². The molecule has 1 aromatic carbocycles. The summed E-state index contributed by atoms with van der Waals surface area (Å²) in [5, 5.41) is 9.88. The molecule has 0 atom stereocenters. The van der Waals surface area contributed by atoms with Gasteiger partial charge in [0.2, 0.25) is 0 Å². The third-order valence-electron chi connectivity index (χ3n) is 5.10. The van der Waals surface area contributed by atoms with E-state index in [1.54, 1.807) is 17.5 Å². The fraction of sp³-hybridized carbons (Fsp3) is 0.174. The van der Waals surface area contributed by atoms with Gasteiger partial charge >= 0.3 is 0 Å². The molecule has 0 fully saturated rings. The Morgan fingerprint density at radius 3 is 2.73 bits per heavy atom. The van der Waals surface area contributed by atoms with Crippen molar-refractivity contribution in [2.75, 3.05) is 5.32 Å². The second-order valence-corrected chi connectivity index (χ2v) is 8.31. The number of nitrogens with zero attached hydrogens (tertiary/aromatic N) is 4. The van der Waals surface area contributed by atoms with E-state index < -0.39 is 0 Å². The molecule has 0 bridgehead atoms. The first-order valence-electron chi connectivity index (χ1n) is 9.92. The lowest BCUT2D eigenvalue weighted by molar-refractivity contribution is 0.768. The molecule has 6 nitrogen and oxygen atoms in total. The highest BCUT2D eigenvalue weighted by Crippen LogP contribution is 2.22. The molecular formula is C23H22N6S. The van der Waals surface area contributed by atoms with Crippen molar-refractivity contribution in [1.29, 1.82) is 0 Å². The van der Waals surface area contributed by atoms with Crippen molar-refractivity contribution in [1.82, 2.24) is 24.7 Å². The summed E-state index contributed by atoms with van der Waals surface area (Å²) in [7, 11) is 1.93. The van der Waals surface area contributed by atoms with Gasteiger partial charge in [0.15, 0.2) is 5.65 Å². The molecule has 0 aliphatic carbocycles. The minimum Gasteiger partial charge on any atom is -0.379 e. The lowest BCUT2D eigenvalue weighted by Crippen LogP contribution is -2.00. The van der Waals surface area contributed by atoms with Crippen LogP contribution in [0.2, 0.25) is 0 Å². The van der Waals surface area contributed by atoms with Gasteiger partial charge in [0, 0.05) is 42.8 Å². The van der Waals surface area contributed by atoms with Crippen LogP contribution in [0.3, 0.4) is 0 Å². The Labute approximate surface area is 178 Å². The number of nitrogens with one attached hydrogen (secondary N) is 2. The van der Waals surface area contributed by atoms with E-state index in [9.17, 15) is 0 Å². The summed E-state index contributed by atoms with van der Waals surface area (Å²) >= 11 is 1.78. The number of imidazole rings is 1. The standard InChI is InChI=1S/C23H22N6S/c1-29-15-18(14-26-29)17-6-4-16(5-7-17)13-25-20-10-11-24-23-22(20)27-21(28-23)9-8-19-3-2-12-30-19/h2-7,10-12,14-15H,8-9,13H2,1H3,(H2,24,25,27,28). The SMILES string of the molecule is Cn1cc(-c2ccc(CNc3ccnc4nc(CCc5cccs5)[nH]c34)cc2)cn1. The predicted octanol–water partition coefficient (Wildman–Crippen LogP) is 4.82. The minimum atomic E-state index is 0.732. The molecule has 150 valence electrons. The van der Waals surface area contributed by atoms with Crippen molar-refractivity contribution in [2.24, 2.45) is 7.05 Å². The Hall–Kier alpha value is -3.45. The lowest BCUT2D eigenvalue weighted by atomic mass is 10.1. The van der Waals surface area contributed by atoms with Crippen LogP contribution in [0.4, 0.5) is 5.69 Å². The van der Waals surface area contributed by atoms with E-state index in [0.29, 0.717) is 0 Å². The smallest absolute Gasteiger partial charge is 0.179 e. The van der Waals surface area contributed by atoms with E-state index in [2.05, 4.69) is 67.1 Å². The maximum atomic E-state index is 4.67. The number of hydrogen-bond acceptors (Lipinski definition) is 5. The van der Waals surface area contributed by atoms with Gasteiger partial charge < -0.3 is 10.3 Å². The summed E-state index contributed by atoms with van der Waals surface area (Å²) in [6, 6.07) is 14.8. The van der Waals surface area contributed by atoms with Crippen LogP contribution in [0.5, 0.6) is 0 Å². The van der Waals surface area contributed by atoms with Crippen molar-refractivity contribution in [3.63, 3.8) is 0 Å². The Bertz CT molecular complexity index is 1250. The highest BCUT2D eigenvalue weighted by Gasteiger charge is 2.09. The molecule has 5 aromatic rings. The summed E-state index contributed by atoms with van der Waals surface area (Å²) < 4.78 is 1.82. The molecule has 0 spiro atoms. The Balaban J connectivity index is 1.28. The first kappa shape index (κ1) is 18.6. The number of benzene rings is 1. The quantitative estimate of drug-likeness (QED) is 0.401. The number of anilines is 1. The summed E-state index contributed by atoms with van der Waals surface area (Å²) in [5.74, 6) is 0.973. The molecule has 0 aliphatic heterocycles. The van der Waals surface area contributed by atoms with Gasteiger partial charge in [-0.1, -0.05) is 30.3 Å². The molecule has 4 heterocycles. The maximum Gasteiger partial charge on any atom is 0.179 e. The van der Waals surface area contributed by atoms with E-state index in [1.807, 2.05) is 30.2 Å². The average Bonchev–Trinajstić information content (AvgIpc) is 3.51. The monoisotopic (exact) mass is 414 g/mol. The number of H-pyrrole nitrogens is 1. The number of pyridine rings is 1. The summed E-state index contributed by atoms with van der Waals surface area (Å²) in [4.78, 5) is 13.9. The number of aryl methyl sites for hydroxylation is 3. The third-order valence-corrected chi connectivity index (χ3v) is 6.04. The van der Waals surface area contributed by atoms with Crippen LogP contribution >= 0.6 is 11.3 Å². The van der Waals surface area contributed by atoms with Crippen molar-refractivity contribution >= 4 is 28.2 Å². The van der Waals surface area contributed by atoms with Gasteiger partial charge in [-0.15, -0.1) is 11.3 Å². The molecule has 4 aromatic heterocycles. The van der Waals surface area contributed by atoms with E-state index >= 15 is 0 Å². The number of hydrogen-bond donors (Lipinski definition) is 2. The molecule has 30 heavy (non-hydrogen) atoms. The second-order valence-electron chi connectivity index (χ2n) is 7.27. The normalized spacial score (nSPS) is 11.2. The molecule has 0 saturated heterocycles. The first-order valence-corrected chi connectivity index (χ1v) is 10.8. The van der Waals surface area contributed by atoms with Gasteiger partial charge in [-0.05, 0) is 35.1 Å². The molecule has 0 aliphatic rings. The van der Waals surface area contributed by atoms with Crippen LogP contribution < -0.4 is 5.32 Å².